The highest BCUT2D eigenvalue weighted by atomic mass is 19.4. The molecular weight excluding hydrogens is 227 g/mol. The molecule has 0 fully saturated rings. The fourth-order valence-electron chi connectivity index (χ4n) is 1.28. The van der Waals surface area contributed by atoms with Gasteiger partial charge >= 0.3 is 6.18 Å². The molecule has 0 aliphatic heterocycles. The van der Waals surface area contributed by atoms with Crippen molar-refractivity contribution in [2.75, 3.05) is 0 Å². The second kappa shape index (κ2) is 3.19. The Morgan fingerprint density at radius 3 is 2.62 bits per heavy atom. The number of alkyl halides is 3. The number of rotatable bonds is 1. The van der Waals surface area contributed by atoms with Crippen molar-refractivity contribution in [3.05, 3.63) is 33.9 Å². The van der Waals surface area contributed by atoms with Crippen molar-refractivity contribution in [3.63, 3.8) is 0 Å². The zero-order valence-corrected chi connectivity index (χ0v) is 7.58. The Morgan fingerprint density at radius 1 is 1.38 bits per heavy atom. The van der Waals surface area contributed by atoms with E-state index in [1.807, 2.05) is 0 Å². The maximum atomic E-state index is 12.5. The molecule has 0 spiro atoms. The number of H-pyrrole nitrogens is 1. The third kappa shape index (κ3) is 1.58. The van der Waals surface area contributed by atoms with E-state index in [0.717, 1.165) is 6.07 Å². The summed E-state index contributed by atoms with van der Waals surface area (Å²) in [6.07, 6.45) is -4.41. The fraction of sp³-hybridized carbons (Fsp3) is 0.125. The minimum Gasteiger partial charge on any atom is -0.307 e. The predicted octanol–water partition coefficient (Wildman–Crippen LogP) is 0.854. The van der Waals surface area contributed by atoms with E-state index in [-0.39, 0.29) is 11.3 Å². The van der Waals surface area contributed by atoms with Crippen LogP contribution in [-0.4, -0.2) is 20.9 Å². The maximum Gasteiger partial charge on any atom is 0.433 e. The summed E-state index contributed by atoms with van der Waals surface area (Å²) in [6, 6.07) is 1.44. The molecule has 0 saturated heterocycles. The van der Waals surface area contributed by atoms with Crippen LogP contribution in [0.15, 0.2) is 16.9 Å². The van der Waals surface area contributed by atoms with Crippen LogP contribution in [0.4, 0.5) is 13.2 Å². The number of aromatic amines is 1. The van der Waals surface area contributed by atoms with Gasteiger partial charge in [-0.1, -0.05) is 0 Å². The van der Waals surface area contributed by atoms with Gasteiger partial charge in [0.1, 0.15) is 11.3 Å². The lowest BCUT2D eigenvalue weighted by molar-refractivity contribution is -0.142. The van der Waals surface area contributed by atoms with E-state index in [2.05, 4.69) is 10.1 Å². The molecule has 0 unspecified atom stereocenters. The van der Waals surface area contributed by atoms with Gasteiger partial charge in [-0.2, -0.15) is 18.3 Å². The van der Waals surface area contributed by atoms with Gasteiger partial charge in [0, 0.05) is 12.1 Å². The highest BCUT2D eigenvalue weighted by Gasteiger charge is 2.34. The molecule has 8 heteroatoms. The second-order valence-corrected chi connectivity index (χ2v) is 3.00. The Balaban J connectivity index is 2.86. The van der Waals surface area contributed by atoms with E-state index in [0.29, 0.717) is 16.9 Å². The number of fused-ring (bicyclic) bond motifs is 1. The van der Waals surface area contributed by atoms with Crippen molar-refractivity contribution in [2.45, 2.75) is 6.18 Å². The van der Waals surface area contributed by atoms with Gasteiger partial charge in [-0.3, -0.25) is 9.59 Å². The molecule has 5 nitrogen and oxygen atoms in total. The number of hydrogen-bond acceptors (Lipinski definition) is 3. The molecule has 2 rings (SSSR count). The summed E-state index contributed by atoms with van der Waals surface area (Å²) in [5, 5.41) is 3.40. The Kier molecular flexibility index (Phi) is 2.07. The van der Waals surface area contributed by atoms with Crippen LogP contribution >= 0.6 is 0 Å². The zero-order valence-electron chi connectivity index (χ0n) is 7.58. The molecule has 0 amide bonds. The number of carbonyl (C=O) groups excluding carboxylic acids is 1. The molecule has 16 heavy (non-hydrogen) atoms. The highest BCUT2D eigenvalue weighted by Crippen LogP contribution is 2.28. The lowest BCUT2D eigenvalue weighted by Crippen LogP contribution is -2.19. The van der Waals surface area contributed by atoms with E-state index < -0.39 is 17.4 Å². The Bertz CT molecular complexity index is 611. The van der Waals surface area contributed by atoms with Crippen LogP contribution in [0.25, 0.3) is 5.65 Å². The summed E-state index contributed by atoms with van der Waals surface area (Å²) in [6.45, 7) is 0. The van der Waals surface area contributed by atoms with E-state index in [1.54, 1.807) is 0 Å². The minimum atomic E-state index is -4.71. The smallest absolute Gasteiger partial charge is 0.307 e. The van der Waals surface area contributed by atoms with Gasteiger partial charge < -0.3 is 4.98 Å². The molecule has 0 atom stereocenters. The standard InChI is InChI=1S/C8H4F3N3O2/c9-8(10,11)5-2-7(16)12-6-1-4(3-15)13-14(5)6/h1-3H,(H,12,16). The van der Waals surface area contributed by atoms with Gasteiger partial charge in [0.2, 0.25) is 0 Å². The molecule has 0 aliphatic rings. The summed E-state index contributed by atoms with van der Waals surface area (Å²) < 4.78 is 38.0. The molecule has 2 aromatic heterocycles. The average Bonchev–Trinajstić information content (AvgIpc) is 2.57. The quantitative estimate of drug-likeness (QED) is 0.740. The summed E-state index contributed by atoms with van der Waals surface area (Å²) >= 11 is 0. The molecule has 0 radical (unpaired) electrons. The maximum absolute atomic E-state index is 12.5. The van der Waals surface area contributed by atoms with Gasteiger partial charge in [0.05, 0.1) is 0 Å². The van der Waals surface area contributed by atoms with Crippen molar-refractivity contribution in [1.29, 1.82) is 0 Å². The van der Waals surface area contributed by atoms with E-state index in [1.165, 1.54) is 0 Å². The molecule has 0 bridgehead atoms. The summed E-state index contributed by atoms with van der Waals surface area (Å²) in [4.78, 5) is 23.5. The summed E-state index contributed by atoms with van der Waals surface area (Å²) in [5.41, 5.74) is -2.49. The monoisotopic (exact) mass is 231 g/mol. The molecule has 0 saturated carbocycles. The van der Waals surface area contributed by atoms with Gasteiger partial charge in [-0.15, -0.1) is 0 Å². The van der Waals surface area contributed by atoms with Crippen LogP contribution in [0.5, 0.6) is 0 Å². The first-order chi connectivity index (χ1) is 7.41. The minimum absolute atomic E-state index is 0.179. The number of aldehydes is 1. The van der Waals surface area contributed by atoms with Crippen molar-refractivity contribution < 1.29 is 18.0 Å². The molecular formula is C8H4F3N3O2. The lowest BCUT2D eigenvalue weighted by Gasteiger charge is -2.07. The number of hydrogen-bond donors (Lipinski definition) is 1. The van der Waals surface area contributed by atoms with Crippen molar-refractivity contribution >= 4 is 11.9 Å². The van der Waals surface area contributed by atoms with Crippen molar-refractivity contribution in [3.8, 4) is 0 Å². The fourth-order valence-corrected chi connectivity index (χ4v) is 1.28. The normalized spacial score (nSPS) is 11.9. The first kappa shape index (κ1) is 10.4. The summed E-state index contributed by atoms with van der Waals surface area (Å²) in [7, 11) is 0. The van der Waals surface area contributed by atoms with Crippen LogP contribution in [-0.2, 0) is 6.18 Å². The Hall–Kier alpha value is -2.12. The van der Waals surface area contributed by atoms with Crippen molar-refractivity contribution in [1.82, 2.24) is 14.6 Å². The molecule has 84 valence electrons. The number of nitrogens with zero attached hydrogens (tertiary/aromatic N) is 2. The van der Waals surface area contributed by atoms with Crippen LogP contribution in [0.2, 0.25) is 0 Å². The van der Waals surface area contributed by atoms with Gasteiger partial charge in [-0.25, -0.2) is 4.52 Å². The lowest BCUT2D eigenvalue weighted by atomic mass is 10.4. The van der Waals surface area contributed by atoms with E-state index >= 15 is 0 Å². The highest BCUT2D eigenvalue weighted by molar-refractivity contribution is 5.74. The Labute approximate surface area is 85.5 Å². The van der Waals surface area contributed by atoms with Crippen LogP contribution in [0.3, 0.4) is 0 Å². The first-order valence-electron chi connectivity index (χ1n) is 4.07. The summed E-state index contributed by atoms with van der Waals surface area (Å²) in [5.74, 6) is 0. The zero-order chi connectivity index (χ0) is 11.9. The molecule has 2 aromatic rings. The van der Waals surface area contributed by atoms with Crippen LogP contribution in [0.1, 0.15) is 16.2 Å². The van der Waals surface area contributed by atoms with Gasteiger partial charge in [0.25, 0.3) is 5.56 Å². The number of aromatic nitrogens is 3. The third-order valence-electron chi connectivity index (χ3n) is 1.89. The van der Waals surface area contributed by atoms with Crippen LogP contribution < -0.4 is 5.56 Å². The van der Waals surface area contributed by atoms with Crippen molar-refractivity contribution in [2.24, 2.45) is 0 Å². The topological polar surface area (TPSA) is 67.2 Å². The van der Waals surface area contributed by atoms with E-state index in [9.17, 15) is 22.8 Å². The molecule has 2 heterocycles. The van der Waals surface area contributed by atoms with Gasteiger partial charge in [0.15, 0.2) is 12.0 Å². The van der Waals surface area contributed by atoms with Crippen LogP contribution in [0, 0.1) is 0 Å². The third-order valence-corrected chi connectivity index (χ3v) is 1.89. The first-order valence-corrected chi connectivity index (χ1v) is 4.07. The molecule has 0 aromatic carbocycles. The number of nitrogens with one attached hydrogen (secondary N) is 1. The SMILES string of the molecule is O=Cc1cc2[nH]c(=O)cc(C(F)(F)F)n2n1. The molecule has 0 aliphatic carbocycles. The second-order valence-electron chi connectivity index (χ2n) is 3.00. The molecule has 1 N–H and O–H groups in total. The largest absolute Gasteiger partial charge is 0.433 e. The van der Waals surface area contributed by atoms with E-state index in [4.69, 9.17) is 0 Å². The Morgan fingerprint density at radius 2 is 2.06 bits per heavy atom. The number of carbonyl (C=O) groups is 1. The number of halogens is 3. The average molecular weight is 231 g/mol. The van der Waals surface area contributed by atoms with Gasteiger partial charge in [-0.05, 0) is 0 Å². The predicted molar refractivity (Wildman–Crippen MR) is 46.2 cm³/mol.